The highest BCUT2D eigenvalue weighted by atomic mass is 16.5. The number of pyridine rings is 1. The summed E-state index contributed by atoms with van der Waals surface area (Å²) in [6, 6.07) is 19.5. The van der Waals surface area contributed by atoms with Gasteiger partial charge in [0.2, 0.25) is 0 Å². The van der Waals surface area contributed by atoms with E-state index in [0.29, 0.717) is 30.9 Å². The largest absolute Gasteiger partial charge is 0.465 e. The number of aromatic amines is 1. The van der Waals surface area contributed by atoms with Crippen LogP contribution in [0.25, 0.3) is 22.0 Å². The number of para-hydroxylation sites is 1. The van der Waals surface area contributed by atoms with Gasteiger partial charge in [0.15, 0.2) is 0 Å². The smallest absolute Gasteiger partial charge is 0.339 e. The van der Waals surface area contributed by atoms with E-state index < -0.39 is 12.0 Å². The molecule has 37 heavy (non-hydrogen) atoms. The van der Waals surface area contributed by atoms with Crippen molar-refractivity contribution >= 4 is 28.4 Å². The normalized spacial score (nSPS) is 14.2. The molecule has 3 heterocycles. The van der Waals surface area contributed by atoms with Gasteiger partial charge in [0.05, 0.1) is 32.0 Å². The molecular formula is C29H29N5O3. The fourth-order valence-electron chi connectivity index (χ4n) is 4.69. The monoisotopic (exact) mass is 495 g/mol. The van der Waals surface area contributed by atoms with Crippen LogP contribution in [0, 0.1) is 11.3 Å². The lowest BCUT2D eigenvalue weighted by Gasteiger charge is -2.28. The third-order valence-corrected chi connectivity index (χ3v) is 6.70. The van der Waals surface area contributed by atoms with Crippen LogP contribution in [0.1, 0.15) is 22.3 Å². The number of carbonyl (C=O) groups is 1. The van der Waals surface area contributed by atoms with Crippen LogP contribution in [0.4, 0.5) is 11.5 Å². The summed E-state index contributed by atoms with van der Waals surface area (Å²) >= 11 is 0. The van der Waals surface area contributed by atoms with Gasteiger partial charge in [0.25, 0.3) is 0 Å². The number of fused-ring (bicyclic) bond motifs is 1. The number of benzene rings is 2. The Morgan fingerprint density at radius 2 is 2.00 bits per heavy atom. The number of morpholine rings is 1. The molecule has 2 N–H and O–H groups in total. The van der Waals surface area contributed by atoms with E-state index in [1.807, 2.05) is 48.7 Å². The van der Waals surface area contributed by atoms with Crippen molar-refractivity contribution in [3.63, 3.8) is 0 Å². The van der Waals surface area contributed by atoms with Gasteiger partial charge < -0.3 is 24.7 Å². The van der Waals surface area contributed by atoms with Gasteiger partial charge in [-0.2, -0.15) is 5.26 Å². The molecule has 1 unspecified atom stereocenters. The van der Waals surface area contributed by atoms with Gasteiger partial charge in [-0.1, -0.05) is 24.3 Å². The Balaban J connectivity index is 1.36. The molecule has 4 aromatic rings. The molecule has 5 rings (SSSR count). The molecule has 8 heteroatoms. The van der Waals surface area contributed by atoms with Crippen molar-refractivity contribution in [1.82, 2.24) is 9.97 Å². The molecule has 188 valence electrons. The van der Waals surface area contributed by atoms with Crippen LogP contribution < -0.4 is 10.2 Å². The average molecular weight is 496 g/mol. The molecule has 1 atom stereocenters. The van der Waals surface area contributed by atoms with Gasteiger partial charge in [-0.25, -0.2) is 9.78 Å². The SMILES string of the molecule is COC(=O)c1cc(-c2ccnc(N3CCOCC3)c2)ccc1NC(C#N)CCc1c[nH]c2ccccc12. The minimum absolute atomic E-state index is 0.386. The fourth-order valence-corrected chi connectivity index (χ4v) is 4.69. The second kappa shape index (κ2) is 11.1. The summed E-state index contributed by atoms with van der Waals surface area (Å²) in [6.07, 6.45) is 5.09. The Labute approximate surface area is 215 Å². The summed E-state index contributed by atoms with van der Waals surface area (Å²) in [5.74, 6) is 0.421. The molecule has 1 aliphatic rings. The Morgan fingerprint density at radius 1 is 1.19 bits per heavy atom. The third-order valence-electron chi connectivity index (χ3n) is 6.70. The van der Waals surface area contributed by atoms with Crippen LogP contribution in [-0.4, -0.2) is 55.4 Å². The van der Waals surface area contributed by atoms with Crippen molar-refractivity contribution in [1.29, 1.82) is 5.26 Å². The highest BCUT2D eigenvalue weighted by Crippen LogP contribution is 2.29. The molecule has 1 fully saturated rings. The molecular weight excluding hydrogens is 466 g/mol. The first-order chi connectivity index (χ1) is 18.2. The van der Waals surface area contributed by atoms with Gasteiger partial charge in [-0.15, -0.1) is 0 Å². The van der Waals surface area contributed by atoms with E-state index in [-0.39, 0.29) is 0 Å². The maximum atomic E-state index is 12.7. The van der Waals surface area contributed by atoms with Crippen molar-refractivity contribution < 1.29 is 14.3 Å². The zero-order valence-corrected chi connectivity index (χ0v) is 20.7. The van der Waals surface area contributed by atoms with Gasteiger partial charge in [-0.3, -0.25) is 0 Å². The molecule has 0 amide bonds. The first kappa shape index (κ1) is 24.3. The lowest BCUT2D eigenvalue weighted by molar-refractivity contribution is 0.0602. The molecule has 2 aromatic heterocycles. The molecule has 0 spiro atoms. The first-order valence-electron chi connectivity index (χ1n) is 12.4. The molecule has 2 aromatic carbocycles. The highest BCUT2D eigenvalue weighted by Gasteiger charge is 2.18. The standard InChI is InChI=1S/C29H29N5O3/c1-36-29(35)25-16-20(21-10-11-31-28(17-21)34-12-14-37-15-13-34)7-9-27(25)33-23(18-30)8-6-22-19-32-26-5-3-2-4-24(22)26/h2-5,7,9-11,16-17,19,23,32-33H,6,8,12-15H2,1H3. The van der Waals surface area contributed by atoms with Crippen LogP contribution >= 0.6 is 0 Å². The first-order valence-corrected chi connectivity index (χ1v) is 12.4. The molecule has 0 aliphatic carbocycles. The zero-order valence-electron chi connectivity index (χ0n) is 20.7. The second-order valence-corrected chi connectivity index (χ2v) is 8.98. The third kappa shape index (κ3) is 5.42. The molecule has 1 saturated heterocycles. The minimum atomic E-state index is -0.475. The summed E-state index contributed by atoms with van der Waals surface area (Å²) < 4.78 is 10.5. The van der Waals surface area contributed by atoms with E-state index in [1.165, 1.54) is 7.11 Å². The molecule has 0 saturated carbocycles. The summed E-state index contributed by atoms with van der Waals surface area (Å²) in [5, 5.41) is 14.3. The van der Waals surface area contributed by atoms with Gasteiger partial charge in [0, 0.05) is 42.1 Å². The summed E-state index contributed by atoms with van der Waals surface area (Å²) in [5.41, 5.74) is 5.02. The van der Waals surface area contributed by atoms with Gasteiger partial charge in [-0.05, 0) is 59.9 Å². The number of esters is 1. The quantitative estimate of drug-likeness (QED) is 0.339. The molecule has 0 radical (unpaired) electrons. The number of rotatable bonds is 8. The van der Waals surface area contributed by atoms with Crippen molar-refractivity contribution in [2.45, 2.75) is 18.9 Å². The van der Waals surface area contributed by atoms with E-state index in [9.17, 15) is 10.1 Å². The predicted octanol–water partition coefficient (Wildman–Crippen LogP) is 4.79. The number of ether oxygens (including phenoxy) is 2. The number of hydrogen-bond acceptors (Lipinski definition) is 7. The number of hydrogen-bond donors (Lipinski definition) is 2. The zero-order chi connectivity index (χ0) is 25.6. The summed E-state index contributed by atoms with van der Waals surface area (Å²) in [6.45, 7) is 2.94. The van der Waals surface area contributed by atoms with Crippen LogP contribution in [0.2, 0.25) is 0 Å². The second-order valence-electron chi connectivity index (χ2n) is 8.98. The van der Waals surface area contributed by atoms with E-state index in [1.54, 1.807) is 12.3 Å². The Kier molecular flexibility index (Phi) is 7.33. The topological polar surface area (TPSA) is 103 Å². The van der Waals surface area contributed by atoms with Gasteiger partial charge >= 0.3 is 5.97 Å². The number of nitrogens with zero attached hydrogens (tertiary/aromatic N) is 3. The van der Waals surface area contributed by atoms with E-state index >= 15 is 0 Å². The van der Waals surface area contributed by atoms with Crippen LogP contribution in [0.15, 0.2) is 67.0 Å². The van der Waals surface area contributed by atoms with Crippen LogP contribution in [-0.2, 0) is 15.9 Å². The number of nitrogens with one attached hydrogen (secondary N) is 2. The number of methoxy groups -OCH3 is 1. The van der Waals surface area contributed by atoms with Crippen molar-refractivity contribution in [2.24, 2.45) is 0 Å². The maximum absolute atomic E-state index is 12.7. The Morgan fingerprint density at radius 3 is 2.81 bits per heavy atom. The maximum Gasteiger partial charge on any atom is 0.339 e. The number of H-pyrrole nitrogens is 1. The minimum Gasteiger partial charge on any atom is -0.465 e. The van der Waals surface area contributed by atoms with Crippen LogP contribution in [0.5, 0.6) is 0 Å². The van der Waals surface area contributed by atoms with Crippen molar-refractivity contribution in [3.05, 3.63) is 78.1 Å². The van der Waals surface area contributed by atoms with E-state index in [0.717, 1.165) is 52.9 Å². The van der Waals surface area contributed by atoms with Gasteiger partial charge in [0.1, 0.15) is 11.9 Å². The highest BCUT2D eigenvalue weighted by molar-refractivity contribution is 5.97. The van der Waals surface area contributed by atoms with Crippen LogP contribution in [0.3, 0.4) is 0 Å². The molecule has 1 aliphatic heterocycles. The molecule has 8 nitrogen and oxygen atoms in total. The number of anilines is 2. The number of carbonyl (C=O) groups excluding carboxylic acids is 1. The van der Waals surface area contributed by atoms with E-state index in [4.69, 9.17) is 9.47 Å². The summed E-state index contributed by atoms with van der Waals surface area (Å²) in [7, 11) is 1.36. The van der Waals surface area contributed by atoms with E-state index in [2.05, 4.69) is 32.3 Å². The Hall–Kier alpha value is -4.35. The Bertz CT molecular complexity index is 1440. The predicted molar refractivity (Wildman–Crippen MR) is 144 cm³/mol. The lowest BCUT2D eigenvalue weighted by atomic mass is 10.0. The lowest BCUT2D eigenvalue weighted by Crippen LogP contribution is -2.36. The summed E-state index contributed by atoms with van der Waals surface area (Å²) in [4.78, 5) is 22.7. The molecule has 0 bridgehead atoms. The number of nitriles is 1. The van der Waals surface area contributed by atoms with Crippen molar-refractivity contribution in [2.75, 3.05) is 43.6 Å². The number of aryl methyl sites for hydroxylation is 1. The fraction of sp³-hybridized carbons (Fsp3) is 0.276. The number of aromatic nitrogens is 2. The van der Waals surface area contributed by atoms with Crippen molar-refractivity contribution in [3.8, 4) is 17.2 Å². The average Bonchev–Trinajstić information content (AvgIpc) is 3.38.